The average Bonchev–Trinajstić information content (AvgIpc) is 2.43. The van der Waals surface area contributed by atoms with Crippen LogP contribution in [0.3, 0.4) is 0 Å². The van der Waals surface area contributed by atoms with Gasteiger partial charge in [0.2, 0.25) is 0 Å². The second-order valence-corrected chi connectivity index (χ2v) is 4.29. The first-order valence-corrected chi connectivity index (χ1v) is 6.00. The number of hydrogen-bond acceptors (Lipinski definition) is 4. The van der Waals surface area contributed by atoms with Gasteiger partial charge in [0.05, 0.1) is 13.5 Å². The summed E-state index contributed by atoms with van der Waals surface area (Å²) < 4.78 is 5.27. The molecule has 0 fully saturated rings. The maximum absolute atomic E-state index is 10.9. The lowest BCUT2D eigenvalue weighted by molar-refractivity contribution is -0.137. The van der Waals surface area contributed by atoms with Crippen molar-refractivity contribution in [2.24, 2.45) is 5.73 Å². The molecule has 2 aromatic rings. The lowest BCUT2D eigenvalue weighted by atomic mass is 9.93. The van der Waals surface area contributed by atoms with Crippen LogP contribution >= 0.6 is 0 Å². The van der Waals surface area contributed by atoms with E-state index >= 15 is 0 Å². The van der Waals surface area contributed by atoms with Gasteiger partial charge in [-0.15, -0.1) is 0 Å². The van der Waals surface area contributed by atoms with Crippen LogP contribution in [-0.2, 0) is 4.79 Å². The Morgan fingerprint density at radius 3 is 2.89 bits per heavy atom. The lowest BCUT2D eigenvalue weighted by Crippen LogP contribution is -2.16. The quantitative estimate of drug-likeness (QED) is 0.855. The highest BCUT2D eigenvalue weighted by Gasteiger charge is 2.17. The zero-order valence-corrected chi connectivity index (χ0v) is 10.7. The highest BCUT2D eigenvalue weighted by Crippen LogP contribution is 2.30. The Morgan fingerprint density at radius 1 is 1.47 bits per heavy atom. The van der Waals surface area contributed by atoms with Gasteiger partial charge in [-0.3, -0.25) is 9.78 Å². The Bertz CT molecular complexity index is 598. The Kier molecular flexibility index (Phi) is 3.97. The van der Waals surface area contributed by atoms with Crippen LogP contribution < -0.4 is 10.5 Å². The summed E-state index contributed by atoms with van der Waals surface area (Å²) in [5.41, 5.74) is 7.32. The first-order chi connectivity index (χ1) is 9.17. The Balaban J connectivity index is 2.57. The van der Waals surface area contributed by atoms with Crippen LogP contribution in [0, 0.1) is 0 Å². The molecule has 0 radical (unpaired) electrons. The number of nitrogens with two attached hydrogens (primary N) is 1. The zero-order chi connectivity index (χ0) is 13.8. The molecule has 0 spiro atoms. The number of fused-ring (bicyclic) bond motifs is 1. The molecule has 5 nitrogen and oxygen atoms in total. The molecule has 2 rings (SSSR count). The van der Waals surface area contributed by atoms with Crippen LogP contribution in [0.4, 0.5) is 0 Å². The van der Waals surface area contributed by atoms with Crippen molar-refractivity contribution in [1.82, 2.24) is 4.98 Å². The van der Waals surface area contributed by atoms with Crippen molar-refractivity contribution in [2.45, 2.75) is 12.3 Å². The summed E-state index contributed by atoms with van der Waals surface area (Å²) in [4.78, 5) is 15.2. The maximum Gasteiger partial charge on any atom is 0.304 e. The van der Waals surface area contributed by atoms with Crippen LogP contribution in [0.5, 0.6) is 5.75 Å². The minimum Gasteiger partial charge on any atom is -0.494 e. The van der Waals surface area contributed by atoms with Crippen molar-refractivity contribution in [1.29, 1.82) is 0 Å². The summed E-state index contributed by atoms with van der Waals surface area (Å²) in [7, 11) is 1.58. The molecule has 0 aliphatic carbocycles. The van der Waals surface area contributed by atoms with Crippen molar-refractivity contribution >= 4 is 16.9 Å². The molecule has 5 heteroatoms. The summed E-state index contributed by atoms with van der Waals surface area (Å²) in [5.74, 6) is -0.413. The van der Waals surface area contributed by atoms with E-state index in [1.165, 1.54) is 0 Å². The monoisotopic (exact) mass is 260 g/mol. The van der Waals surface area contributed by atoms with E-state index in [0.29, 0.717) is 5.75 Å². The highest BCUT2D eigenvalue weighted by atomic mass is 16.5. The fourth-order valence-corrected chi connectivity index (χ4v) is 2.22. The molecule has 0 saturated carbocycles. The number of rotatable bonds is 5. The van der Waals surface area contributed by atoms with E-state index in [4.69, 9.17) is 15.6 Å². The minimum absolute atomic E-state index is 0.00677. The molecular weight excluding hydrogens is 244 g/mol. The summed E-state index contributed by atoms with van der Waals surface area (Å²) in [6, 6.07) is 7.42. The predicted molar refractivity (Wildman–Crippen MR) is 72.3 cm³/mol. The molecule has 0 aliphatic rings. The molecule has 1 aromatic heterocycles. The number of hydrogen-bond donors (Lipinski definition) is 2. The van der Waals surface area contributed by atoms with E-state index in [1.807, 2.05) is 24.3 Å². The topological polar surface area (TPSA) is 85.4 Å². The Labute approximate surface area is 111 Å². The maximum atomic E-state index is 10.9. The van der Waals surface area contributed by atoms with Crippen molar-refractivity contribution in [3.63, 3.8) is 0 Å². The fraction of sp³-hybridized carbons (Fsp3) is 0.286. The van der Waals surface area contributed by atoms with Gasteiger partial charge in [0.1, 0.15) is 11.3 Å². The number of ether oxygens (including phenoxy) is 1. The number of carboxylic acid groups (broad SMARTS) is 1. The predicted octanol–water partition coefficient (Wildman–Crippen LogP) is 1.76. The average molecular weight is 260 g/mol. The van der Waals surface area contributed by atoms with Crippen molar-refractivity contribution in [3.8, 4) is 5.75 Å². The first kappa shape index (κ1) is 13.3. The van der Waals surface area contributed by atoms with Gasteiger partial charge < -0.3 is 15.6 Å². The van der Waals surface area contributed by atoms with Gasteiger partial charge in [-0.1, -0.05) is 12.1 Å². The fourth-order valence-electron chi connectivity index (χ4n) is 2.22. The molecule has 19 heavy (non-hydrogen) atoms. The molecule has 0 amide bonds. The zero-order valence-electron chi connectivity index (χ0n) is 10.7. The number of carbonyl (C=O) groups is 1. The van der Waals surface area contributed by atoms with Gasteiger partial charge in [0, 0.05) is 17.5 Å². The largest absolute Gasteiger partial charge is 0.494 e. The SMILES string of the molecule is COc1cccc2c(C(CN)CC(=O)O)ccnc12. The molecular formula is C14H16N2O3. The van der Waals surface area contributed by atoms with Gasteiger partial charge in [0.15, 0.2) is 0 Å². The molecule has 1 atom stereocenters. The second-order valence-electron chi connectivity index (χ2n) is 4.29. The number of benzene rings is 1. The molecule has 1 heterocycles. The molecule has 100 valence electrons. The summed E-state index contributed by atoms with van der Waals surface area (Å²) in [6.07, 6.45) is 1.66. The number of para-hydroxylation sites is 1. The smallest absolute Gasteiger partial charge is 0.304 e. The molecule has 1 aromatic carbocycles. The summed E-state index contributed by atoms with van der Waals surface area (Å²) in [6.45, 7) is 0.280. The Hall–Kier alpha value is -2.14. The van der Waals surface area contributed by atoms with E-state index in [2.05, 4.69) is 4.98 Å². The van der Waals surface area contributed by atoms with Crippen LogP contribution in [-0.4, -0.2) is 29.7 Å². The van der Waals surface area contributed by atoms with Crippen LogP contribution in [0.15, 0.2) is 30.5 Å². The Morgan fingerprint density at radius 2 is 2.26 bits per heavy atom. The van der Waals surface area contributed by atoms with E-state index in [0.717, 1.165) is 16.5 Å². The minimum atomic E-state index is -0.858. The molecule has 3 N–H and O–H groups in total. The van der Waals surface area contributed by atoms with E-state index < -0.39 is 5.97 Å². The van der Waals surface area contributed by atoms with Crippen molar-refractivity contribution < 1.29 is 14.6 Å². The van der Waals surface area contributed by atoms with Crippen LogP contribution in [0.25, 0.3) is 10.9 Å². The number of carboxylic acids is 1. The van der Waals surface area contributed by atoms with Gasteiger partial charge in [-0.05, 0) is 24.2 Å². The molecule has 1 unspecified atom stereocenters. The van der Waals surface area contributed by atoms with Crippen molar-refractivity contribution in [2.75, 3.05) is 13.7 Å². The molecule has 0 bridgehead atoms. The van der Waals surface area contributed by atoms with Crippen molar-refractivity contribution in [3.05, 3.63) is 36.0 Å². The lowest BCUT2D eigenvalue weighted by Gasteiger charge is -2.16. The third-order valence-corrected chi connectivity index (χ3v) is 3.13. The normalized spacial score (nSPS) is 12.3. The highest BCUT2D eigenvalue weighted by molar-refractivity contribution is 5.88. The number of methoxy groups -OCH3 is 1. The third-order valence-electron chi connectivity index (χ3n) is 3.13. The summed E-state index contributed by atoms with van der Waals surface area (Å²) in [5, 5.41) is 9.84. The second kappa shape index (κ2) is 5.67. The van der Waals surface area contributed by atoms with Gasteiger partial charge in [-0.25, -0.2) is 0 Å². The number of pyridine rings is 1. The van der Waals surface area contributed by atoms with E-state index in [-0.39, 0.29) is 18.9 Å². The number of nitrogens with zero attached hydrogens (tertiary/aromatic N) is 1. The van der Waals surface area contributed by atoms with Crippen LogP contribution in [0.2, 0.25) is 0 Å². The number of aromatic nitrogens is 1. The third kappa shape index (κ3) is 2.66. The van der Waals surface area contributed by atoms with Gasteiger partial charge >= 0.3 is 5.97 Å². The first-order valence-electron chi connectivity index (χ1n) is 6.00. The summed E-state index contributed by atoms with van der Waals surface area (Å²) >= 11 is 0. The number of aliphatic carboxylic acids is 1. The van der Waals surface area contributed by atoms with Gasteiger partial charge in [-0.2, -0.15) is 0 Å². The van der Waals surface area contributed by atoms with E-state index in [9.17, 15) is 4.79 Å². The van der Waals surface area contributed by atoms with Crippen LogP contribution in [0.1, 0.15) is 17.9 Å². The van der Waals surface area contributed by atoms with Gasteiger partial charge in [0.25, 0.3) is 0 Å². The standard InChI is InChI=1S/C14H16N2O3/c1-19-12-4-2-3-11-10(5-6-16-14(11)12)9(8-15)7-13(17)18/h2-6,9H,7-8,15H2,1H3,(H,17,18). The van der Waals surface area contributed by atoms with E-state index in [1.54, 1.807) is 13.3 Å². The molecule has 0 saturated heterocycles. The molecule has 0 aliphatic heterocycles.